The second-order valence-corrected chi connectivity index (χ2v) is 4.81. The van der Waals surface area contributed by atoms with Crippen molar-refractivity contribution in [1.82, 2.24) is 15.0 Å². The molecule has 90 valence electrons. The third kappa shape index (κ3) is 2.10. The van der Waals surface area contributed by atoms with Gasteiger partial charge in [0.15, 0.2) is 5.16 Å². The van der Waals surface area contributed by atoms with Crippen molar-refractivity contribution in [2.45, 2.75) is 16.7 Å². The molecule has 1 aromatic carbocycles. The van der Waals surface area contributed by atoms with Crippen LogP contribution in [0, 0.1) is 0 Å². The number of nitrogens with two attached hydrogens (primary N) is 1. The van der Waals surface area contributed by atoms with Crippen LogP contribution in [0.25, 0.3) is 11.0 Å². The topological polar surface area (TPSA) is 67.6 Å². The van der Waals surface area contributed by atoms with Crippen LogP contribution >= 0.6 is 11.8 Å². The summed E-state index contributed by atoms with van der Waals surface area (Å²) < 4.78 is 0. The lowest BCUT2D eigenvalue weighted by atomic mass is 10.3. The molecule has 0 unspecified atom stereocenters. The van der Waals surface area contributed by atoms with Crippen molar-refractivity contribution in [3.63, 3.8) is 0 Å². The van der Waals surface area contributed by atoms with Gasteiger partial charge in [0.1, 0.15) is 5.03 Å². The SMILES string of the molecule is NCc1cccnc1Sc1nc2ccccc2[nH]1. The molecule has 0 atom stereocenters. The zero-order valence-corrected chi connectivity index (χ0v) is 10.4. The molecule has 3 N–H and O–H groups in total. The average molecular weight is 256 g/mol. The summed E-state index contributed by atoms with van der Waals surface area (Å²) in [5.41, 5.74) is 8.72. The normalized spacial score (nSPS) is 10.9. The van der Waals surface area contributed by atoms with E-state index in [9.17, 15) is 0 Å². The van der Waals surface area contributed by atoms with E-state index in [0.29, 0.717) is 6.54 Å². The van der Waals surface area contributed by atoms with E-state index in [4.69, 9.17) is 5.73 Å². The van der Waals surface area contributed by atoms with E-state index >= 15 is 0 Å². The minimum absolute atomic E-state index is 0.483. The van der Waals surface area contributed by atoms with Crippen molar-refractivity contribution >= 4 is 22.8 Å². The van der Waals surface area contributed by atoms with Gasteiger partial charge in [-0.3, -0.25) is 0 Å². The number of H-pyrrole nitrogens is 1. The lowest BCUT2D eigenvalue weighted by Gasteiger charge is -2.02. The Morgan fingerprint density at radius 1 is 1.17 bits per heavy atom. The molecule has 0 saturated heterocycles. The van der Waals surface area contributed by atoms with Gasteiger partial charge in [-0.2, -0.15) is 0 Å². The summed E-state index contributed by atoms with van der Waals surface area (Å²) in [6.07, 6.45) is 1.77. The Kier molecular flexibility index (Phi) is 3.00. The third-order valence-electron chi connectivity index (χ3n) is 2.63. The monoisotopic (exact) mass is 256 g/mol. The van der Waals surface area contributed by atoms with Crippen LogP contribution < -0.4 is 5.73 Å². The predicted molar refractivity (Wildman–Crippen MR) is 72.3 cm³/mol. The number of nitrogens with one attached hydrogen (secondary N) is 1. The van der Waals surface area contributed by atoms with Gasteiger partial charge in [-0.05, 0) is 35.5 Å². The second-order valence-electron chi connectivity index (χ2n) is 3.83. The number of hydrogen-bond donors (Lipinski definition) is 2. The Morgan fingerprint density at radius 3 is 2.89 bits per heavy atom. The maximum Gasteiger partial charge on any atom is 0.172 e. The summed E-state index contributed by atoms with van der Waals surface area (Å²) in [5, 5.41) is 1.74. The maximum atomic E-state index is 5.70. The third-order valence-corrected chi connectivity index (χ3v) is 3.58. The number of pyridine rings is 1. The van der Waals surface area contributed by atoms with Gasteiger partial charge in [0.2, 0.25) is 0 Å². The van der Waals surface area contributed by atoms with Gasteiger partial charge in [-0.15, -0.1) is 0 Å². The molecule has 3 aromatic rings. The number of benzene rings is 1. The Hall–Kier alpha value is -1.85. The first-order valence-corrected chi connectivity index (χ1v) is 6.45. The summed E-state index contributed by atoms with van der Waals surface area (Å²) >= 11 is 1.51. The highest BCUT2D eigenvalue weighted by Gasteiger charge is 2.08. The van der Waals surface area contributed by atoms with Gasteiger partial charge in [0.25, 0.3) is 0 Å². The maximum absolute atomic E-state index is 5.70. The number of fused-ring (bicyclic) bond motifs is 1. The quantitative estimate of drug-likeness (QED) is 0.755. The zero-order valence-electron chi connectivity index (χ0n) is 9.63. The molecule has 0 spiro atoms. The highest BCUT2D eigenvalue weighted by atomic mass is 32.2. The molecule has 2 heterocycles. The van der Waals surface area contributed by atoms with Crippen LogP contribution in [0.1, 0.15) is 5.56 Å². The Balaban J connectivity index is 1.96. The van der Waals surface area contributed by atoms with E-state index < -0.39 is 0 Å². The van der Waals surface area contributed by atoms with Crippen LogP contribution in [0.3, 0.4) is 0 Å². The first-order chi connectivity index (χ1) is 8.86. The molecule has 3 rings (SSSR count). The van der Waals surface area contributed by atoms with Crippen molar-refractivity contribution in [2.24, 2.45) is 5.73 Å². The van der Waals surface area contributed by atoms with E-state index in [1.54, 1.807) is 6.20 Å². The lowest BCUT2D eigenvalue weighted by Crippen LogP contribution is -1.99. The van der Waals surface area contributed by atoms with Crippen LogP contribution in [-0.4, -0.2) is 15.0 Å². The molecule has 18 heavy (non-hydrogen) atoms. The Labute approximate surface area is 109 Å². The van der Waals surface area contributed by atoms with Crippen LogP contribution in [0.5, 0.6) is 0 Å². The summed E-state index contributed by atoms with van der Waals surface area (Å²) in [6, 6.07) is 11.8. The highest BCUT2D eigenvalue weighted by Crippen LogP contribution is 2.27. The number of aromatic nitrogens is 3. The molecule has 0 aliphatic rings. The van der Waals surface area contributed by atoms with E-state index in [2.05, 4.69) is 15.0 Å². The molecule has 0 aliphatic carbocycles. The molecule has 4 nitrogen and oxygen atoms in total. The van der Waals surface area contributed by atoms with E-state index in [0.717, 1.165) is 26.8 Å². The number of aromatic amines is 1. The van der Waals surface area contributed by atoms with Gasteiger partial charge < -0.3 is 10.7 Å². The van der Waals surface area contributed by atoms with Gasteiger partial charge in [0, 0.05) is 12.7 Å². The molecular weight excluding hydrogens is 244 g/mol. The van der Waals surface area contributed by atoms with Crippen molar-refractivity contribution in [3.8, 4) is 0 Å². The van der Waals surface area contributed by atoms with Gasteiger partial charge >= 0.3 is 0 Å². The summed E-state index contributed by atoms with van der Waals surface area (Å²) in [6.45, 7) is 0.483. The van der Waals surface area contributed by atoms with Crippen molar-refractivity contribution in [1.29, 1.82) is 0 Å². The van der Waals surface area contributed by atoms with Crippen LogP contribution in [0.15, 0.2) is 52.8 Å². The van der Waals surface area contributed by atoms with E-state index in [-0.39, 0.29) is 0 Å². The molecule has 0 amide bonds. The van der Waals surface area contributed by atoms with E-state index in [1.807, 2.05) is 36.4 Å². The molecule has 0 radical (unpaired) electrons. The Bertz CT molecular complexity index is 644. The fourth-order valence-corrected chi connectivity index (χ4v) is 2.62. The highest BCUT2D eigenvalue weighted by molar-refractivity contribution is 7.99. The van der Waals surface area contributed by atoms with Crippen molar-refractivity contribution < 1.29 is 0 Å². The number of nitrogens with zero attached hydrogens (tertiary/aromatic N) is 2. The Morgan fingerprint density at radius 2 is 2.06 bits per heavy atom. The minimum atomic E-state index is 0.483. The fraction of sp³-hybridized carbons (Fsp3) is 0.0769. The lowest BCUT2D eigenvalue weighted by molar-refractivity contribution is 0.955. The molecule has 0 aliphatic heterocycles. The number of para-hydroxylation sites is 2. The smallest absolute Gasteiger partial charge is 0.172 e. The molecule has 2 aromatic heterocycles. The zero-order chi connectivity index (χ0) is 12.4. The molecule has 0 fully saturated rings. The van der Waals surface area contributed by atoms with Gasteiger partial charge in [-0.1, -0.05) is 18.2 Å². The average Bonchev–Trinajstić information content (AvgIpc) is 2.81. The van der Waals surface area contributed by atoms with Crippen molar-refractivity contribution in [2.75, 3.05) is 0 Å². The second kappa shape index (κ2) is 4.80. The predicted octanol–water partition coefficient (Wildman–Crippen LogP) is 2.57. The van der Waals surface area contributed by atoms with Crippen LogP contribution in [0.2, 0.25) is 0 Å². The molecular formula is C13H12N4S. The summed E-state index contributed by atoms with van der Waals surface area (Å²) in [5.74, 6) is 0. The summed E-state index contributed by atoms with van der Waals surface area (Å²) in [7, 11) is 0. The first-order valence-electron chi connectivity index (χ1n) is 5.63. The molecule has 0 bridgehead atoms. The van der Waals surface area contributed by atoms with Crippen LogP contribution in [0.4, 0.5) is 0 Å². The largest absolute Gasteiger partial charge is 0.333 e. The fourth-order valence-electron chi connectivity index (χ4n) is 1.74. The minimum Gasteiger partial charge on any atom is -0.333 e. The van der Waals surface area contributed by atoms with Gasteiger partial charge in [0.05, 0.1) is 11.0 Å². The summed E-state index contributed by atoms with van der Waals surface area (Å²) in [4.78, 5) is 12.1. The van der Waals surface area contributed by atoms with E-state index in [1.165, 1.54) is 11.8 Å². The van der Waals surface area contributed by atoms with Gasteiger partial charge in [-0.25, -0.2) is 9.97 Å². The van der Waals surface area contributed by atoms with Crippen LogP contribution in [-0.2, 0) is 6.54 Å². The number of hydrogen-bond acceptors (Lipinski definition) is 4. The number of rotatable bonds is 3. The molecule has 5 heteroatoms. The number of imidazole rings is 1. The first kappa shape index (κ1) is 11.3. The molecule has 0 saturated carbocycles. The standard InChI is InChI=1S/C13H12N4S/c14-8-9-4-3-7-15-12(9)18-13-16-10-5-1-2-6-11(10)17-13/h1-7H,8,14H2,(H,16,17). The van der Waals surface area contributed by atoms with Crippen molar-refractivity contribution in [3.05, 3.63) is 48.2 Å².